The van der Waals surface area contributed by atoms with E-state index >= 15 is 0 Å². The molecule has 0 radical (unpaired) electrons. The van der Waals surface area contributed by atoms with Gasteiger partial charge in [0.15, 0.2) is 12.0 Å². The van der Waals surface area contributed by atoms with Gasteiger partial charge in [-0.2, -0.15) is 0 Å². The molecule has 0 atom stereocenters. The number of benzene rings is 2. The maximum atomic E-state index is 12.3. The van der Waals surface area contributed by atoms with Gasteiger partial charge in [0.25, 0.3) is 0 Å². The van der Waals surface area contributed by atoms with Gasteiger partial charge in [-0.05, 0) is 26.0 Å². The lowest BCUT2D eigenvalue weighted by atomic mass is 10.1. The summed E-state index contributed by atoms with van der Waals surface area (Å²) in [5.74, 6) is 0.474. The number of carbonyl (C=O) groups excluding carboxylic acids is 1. The van der Waals surface area contributed by atoms with E-state index in [1.54, 1.807) is 25.1 Å². The van der Waals surface area contributed by atoms with Crippen LogP contribution in [0.1, 0.15) is 12.5 Å². The summed E-state index contributed by atoms with van der Waals surface area (Å²) in [6.07, 6.45) is 0. The molecule has 0 fully saturated rings. The highest BCUT2D eigenvalue weighted by molar-refractivity contribution is 5.80. The van der Waals surface area contributed by atoms with Crippen molar-refractivity contribution in [2.24, 2.45) is 0 Å². The molecule has 0 saturated heterocycles. The summed E-state index contributed by atoms with van der Waals surface area (Å²) >= 11 is 0. The van der Waals surface area contributed by atoms with Gasteiger partial charge in [0.05, 0.1) is 12.0 Å². The number of rotatable bonds is 5. The maximum absolute atomic E-state index is 12.3. The van der Waals surface area contributed by atoms with Crippen molar-refractivity contribution < 1.29 is 18.7 Å². The molecule has 3 rings (SSSR count). The van der Waals surface area contributed by atoms with Gasteiger partial charge in [-0.25, -0.2) is 4.79 Å². The maximum Gasteiger partial charge on any atom is 0.344 e. The Hall–Kier alpha value is -3.08. The monoisotopic (exact) mass is 338 g/mol. The Kier molecular flexibility index (Phi) is 4.84. The molecule has 3 aromatic rings. The van der Waals surface area contributed by atoms with Gasteiger partial charge in [0.1, 0.15) is 17.1 Å². The van der Waals surface area contributed by atoms with Gasteiger partial charge in [-0.1, -0.05) is 29.8 Å². The largest absolute Gasteiger partial charge is 0.482 e. The predicted molar refractivity (Wildman–Crippen MR) is 94.8 cm³/mol. The van der Waals surface area contributed by atoms with Crippen LogP contribution in [0.2, 0.25) is 0 Å². The Bertz CT molecular complexity index is 954. The van der Waals surface area contributed by atoms with Crippen LogP contribution in [0.25, 0.3) is 22.3 Å². The average molecular weight is 338 g/mol. The molecule has 0 aliphatic carbocycles. The number of esters is 1. The molecule has 0 aliphatic rings. The first kappa shape index (κ1) is 16.8. The van der Waals surface area contributed by atoms with Gasteiger partial charge in [-0.3, -0.25) is 4.79 Å². The van der Waals surface area contributed by atoms with Gasteiger partial charge in [-0.15, -0.1) is 0 Å². The van der Waals surface area contributed by atoms with Gasteiger partial charge < -0.3 is 13.9 Å². The Morgan fingerprint density at radius 3 is 2.56 bits per heavy atom. The van der Waals surface area contributed by atoms with Crippen molar-refractivity contribution in [3.63, 3.8) is 0 Å². The molecule has 1 aromatic heterocycles. The highest BCUT2D eigenvalue weighted by Crippen LogP contribution is 2.25. The zero-order chi connectivity index (χ0) is 17.8. The summed E-state index contributed by atoms with van der Waals surface area (Å²) in [5, 5.41) is 0.458. The number of hydrogen-bond acceptors (Lipinski definition) is 5. The predicted octanol–water partition coefficient (Wildman–Crippen LogP) is 3.71. The van der Waals surface area contributed by atoms with Crippen molar-refractivity contribution in [3.05, 3.63) is 64.3 Å². The van der Waals surface area contributed by atoms with Crippen LogP contribution >= 0.6 is 0 Å². The van der Waals surface area contributed by atoms with Gasteiger partial charge in [0, 0.05) is 17.7 Å². The molecule has 0 amide bonds. The first-order chi connectivity index (χ1) is 12.1. The lowest BCUT2D eigenvalue weighted by Crippen LogP contribution is -2.14. The molecule has 0 unspecified atom stereocenters. The summed E-state index contributed by atoms with van der Waals surface area (Å²) in [5.41, 5.74) is 2.22. The average Bonchev–Trinajstić information content (AvgIpc) is 2.60. The quantitative estimate of drug-likeness (QED) is 0.664. The van der Waals surface area contributed by atoms with E-state index in [-0.39, 0.29) is 12.0 Å². The van der Waals surface area contributed by atoms with Crippen LogP contribution in [0.5, 0.6) is 5.75 Å². The highest BCUT2D eigenvalue weighted by atomic mass is 16.6. The van der Waals surface area contributed by atoms with Crippen LogP contribution in [-0.2, 0) is 9.53 Å². The lowest BCUT2D eigenvalue weighted by Gasteiger charge is -2.07. The summed E-state index contributed by atoms with van der Waals surface area (Å²) < 4.78 is 16.1. The first-order valence-corrected chi connectivity index (χ1v) is 8.00. The fraction of sp³-hybridized carbons (Fsp3) is 0.200. The molecule has 0 bridgehead atoms. The van der Waals surface area contributed by atoms with Crippen LogP contribution in [0.15, 0.2) is 57.7 Å². The third kappa shape index (κ3) is 3.88. The molecule has 1 heterocycles. The van der Waals surface area contributed by atoms with Crippen molar-refractivity contribution in [1.29, 1.82) is 0 Å². The van der Waals surface area contributed by atoms with Gasteiger partial charge in [0.2, 0.25) is 0 Å². The zero-order valence-corrected chi connectivity index (χ0v) is 14.1. The van der Waals surface area contributed by atoms with E-state index in [1.165, 1.54) is 6.07 Å². The molecule has 0 spiro atoms. The third-order valence-corrected chi connectivity index (χ3v) is 3.70. The molecule has 0 saturated carbocycles. The van der Waals surface area contributed by atoms with Crippen LogP contribution in [0.4, 0.5) is 0 Å². The minimum Gasteiger partial charge on any atom is -0.482 e. The second kappa shape index (κ2) is 7.21. The lowest BCUT2D eigenvalue weighted by molar-refractivity contribution is -0.145. The van der Waals surface area contributed by atoms with E-state index in [2.05, 4.69) is 0 Å². The second-order valence-corrected chi connectivity index (χ2v) is 5.59. The van der Waals surface area contributed by atoms with Crippen molar-refractivity contribution >= 4 is 16.9 Å². The topological polar surface area (TPSA) is 65.7 Å². The Morgan fingerprint density at radius 2 is 1.84 bits per heavy atom. The molecule has 25 heavy (non-hydrogen) atoms. The standard InChI is InChI=1S/C20H18O5/c1-3-23-20(22)12-24-15-8-9-16-17(21)11-18(25-19(16)10-15)14-6-4-13(2)5-7-14/h4-11H,3,12H2,1-2H3. The number of hydrogen-bond donors (Lipinski definition) is 0. The summed E-state index contributed by atoms with van der Waals surface area (Å²) in [6, 6.07) is 14.1. The van der Waals surface area contributed by atoms with Crippen molar-refractivity contribution in [1.82, 2.24) is 0 Å². The van der Waals surface area contributed by atoms with E-state index in [9.17, 15) is 9.59 Å². The number of fused-ring (bicyclic) bond motifs is 1. The Morgan fingerprint density at radius 1 is 1.08 bits per heavy atom. The van der Waals surface area contributed by atoms with Gasteiger partial charge >= 0.3 is 5.97 Å². The fourth-order valence-corrected chi connectivity index (χ4v) is 2.43. The number of carbonyl (C=O) groups is 1. The van der Waals surface area contributed by atoms with Crippen LogP contribution < -0.4 is 10.2 Å². The summed E-state index contributed by atoms with van der Waals surface area (Å²) in [4.78, 5) is 23.7. The van der Waals surface area contributed by atoms with E-state index < -0.39 is 5.97 Å². The van der Waals surface area contributed by atoms with Crippen molar-refractivity contribution in [3.8, 4) is 17.1 Å². The van der Waals surface area contributed by atoms with E-state index in [0.29, 0.717) is 29.1 Å². The van der Waals surface area contributed by atoms with Crippen LogP contribution in [0, 0.1) is 6.92 Å². The summed E-state index contributed by atoms with van der Waals surface area (Å²) in [7, 11) is 0. The number of ether oxygens (including phenoxy) is 2. The molecule has 5 nitrogen and oxygen atoms in total. The normalized spacial score (nSPS) is 10.6. The van der Waals surface area contributed by atoms with Crippen molar-refractivity contribution in [2.45, 2.75) is 13.8 Å². The van der Waals surface area contributed by atoms with Crippen LogP contribution in [0.3, 0.4) is 0 Å². The second-order valence-electron chi connectivity index (χ2n) is 5.59. The number of aryl methyl sites for hydroxylation is 1. The smallest absolute Gasteiger partial charge is 0.344 e. The fourth-order valence-electron chi connectivity index (χ4n) is 2.43. The third-order valence-electron chi connectivity index (χ3n) is 3.70. The SMILES string of the molecule is CCOC(=O)COc1ccc2c(=O)cc(-c3ccc(C)cc3)oc2c1. The zero-order valence-electron chi connectivity index (χ0n) is 14.1. The van der Waals surface area contributed by atoms with Crippen molar-refractivity contribution in [2.75, 3.05) is 13.2 Å². The van der Waals surface area contributed by atoms with Crippen LogP contribution in [-0.4, -0.2) is 19.2 Å². The molecule has 5 heteroatoms. The molecular formula is C20H18O5. The Balaban J connectivity index is 1.93. The Labute approximate surface area is 144 Å². The molecule has 128 valence electrons. The van der Waals surface area contributed by atoms with E-state index in [1.807, 2.05) is 31.2 Å². The van der Waals surface area contributed by atoms with E-state index in [4.69, 9.17) is 13.9 Å². The minimum absolute atomic E-state index is 0.131. The molecular weight excluding hydrogens is 320 g/mol. The molecule has 0 aliphatic heterocycles. The highest BCUT2D eigenvalue weighted by Gasteiger charge is 2.09. The minimum atomic E-state index is -0.447. The molecule has 2 aromatic carbocycles. The summed E-state index contributed by atoms with van der Waals surface area (Å²) in [6.45, 7) is 3.83. The molecule has 0 N–H and O–H groups in total. The van der Waals surface area contributed by atoms with E-state index in [0.717, 1.165) is 11.1 Å². The first-order valence-electron chi connectivity index (χ1n) is 8.00.